The van der Waals surface area contributed by atoms with Crippen LogP contribution in [0.3, 0.4) is 0 Å². The van der Waals surface area contributed by atoms with Gasteiger partial charge in [0, 0.05) is 21.0 Å². The van der Waals surface area contributed by atoms with Crippen LogP contribution >= 0.6 is 23.1 Å². The lowest BCUT2D eigenvalue weighted by Crippen LogP contribution is -2.30. The number of amides is 3. The van der Waals surface area contributed by atoms with E-state index in [1.807, 2.05) is 36.4 Å². The predicted molar refractivity (Wildman–Crippen MR) is 217 cm³/mol. The first-order valence-corrected chi connectivity index (χ1v) is 19.3. The molecule has 3 N–H and O–H groups in total. The Kier molecular flexibility index (Phi) is 12.6. The largest absolute Gasteiger partial charge is 0.493 e. The number of thioether (sulfide) groups is 1. The minimum atomic E-state index is -0.669. The third-order valence-corrected chi connectivity index (χ3v) is 11.5. The summed E-state index contributed by atoms with van der Waals surface area (Å²) >= 11 is 2.82. The summed E-state index contributed by atoms with van der Waals surface area (Å²) in [5.74, 6) is 0.347. The molecule has 0 bridgehead atoms. The number of rotatable bonds is 13. The Balaban J connectivity index is 1.27. The van der Waals surface area contributed by atoms with Gasteiger partial charge >= 0.3 is 0 Å². The maximum absolute atomic E-state index is 14.1. The number of hydrogen-bond acceptors (Lipinski definition) is 9. The molecule has 2 unspecified atom stereocenters. The summed E-state index contributed by atoms with van der Waals surface area (Å²) < 4.78 is 16.5. The summed E-state index contributed by atoms with van der Waals surface area (Å²) in [5, 5.41) is 18.7. The molecule has 1 aromatic heterocycles. The summed E-state index contributed by atoms with van der Waals surface area (Å²) in [4.78, 5) is 43.2. The highest BCUT2D eigenvalue weighted by Crippen LogP contribution is 2.42. The number of carbonyl (C=O) groups excluding carboxylic acids is 3. The molecule has 0 saturated carbocycles. The summed E-state index contributed by atoms with van der Waals surface area (Å²) in [6, 6.07) is 30.8. The van der Waals surface area contributed by atoms with E-state index in [-0.39, 0.29) is 11.6 Å². The Labute approximate surface area is 328 Å². The van der Waals surface area contributed by atoms with Crippen molar-refractivity contribution in [1.82, 2.24) is 5.32 Å². The van der Waals surface area contributed by atoms with Crippen molar-refractivity contribution < 1.29 is 28.6 Å². The Hall–Kier alpha value is -6.03. The third kappa shape index (κ3) is 9.20. The maximum atomic E-state index is 14.1. The minimum Gasteiger partial charge on any atom is -0.493 e. The van der Waals surface area contributed by atoms with E-state index >= 15 is 0 Å². The van der Waals surface area contributed by atoms with Crippen LogP contribution in [0.15, 0.2) is 108 Å². The molecule has 0 fully saturated rings. The minimum absolute atomic E-state index is 0.0379. The van der Waals surface area contributed by atoms with E-state index in [1.54, 1.807) is 60.7 Å². The topological polar surface area (TPSA) is 139 Å². The number of hydrogen-bond donors (Lipinski definition) is 3. The first-order valence-electron chi connectivity index (χ1n) is 17.6. The summed E-state index contributed by atoms with van der Waals surface area (Å²) in [7, 11) is 4.48. The molecular formula is C43H40N4O6S2. The third-order valence-electron chi connectivity index (χ3n) is 9.07. The highest BCUT2D eigenvalue weighted by atomic mass is 32.2. The van der Waals surface area contributed by atoms with Gasteiger partial charge in [-0.1, -0.05) is 61.5 Å². The lowest BCUT2D eigenvalue weighted by atomic mass is 9.88. The van der Waals surface area contributed by atoms with Crippen LogP contribution in [-0.2, 0) is 22.4 Å². The quantitative estimate of drug-likeness (QED) is 0.0799. The van der Waals surface area contributed by atoms with E-state index in [2.05, 4.69) is 28.9 Å². The molecular weight excluding hydrogens is 733 g/mol. The number of anilines is 2. The Morgan fingerprint density at radius 3 is 2.24 bits per heavy atom. The van der Waals surface area contributed by atoms with Crippen molar-refractivity contribution in [1.29, 1.82) is 5.26 Å². The van der Waals surface area contributed by atoms with Gasteiger partial charge in [-0.2, -0.15) is 5.26 Å². The van der Waals surface area contributed by atoms with Gasteiger partial charge in [-0.05, 0) is 90.4 Å². The fourth-order valence-electron chi connectivity index (χ4n) is 6.31. The van der Waals surface area contributed by atoms with Crippen LogP contribution in [0.2, 0.25) is 0 Å². The number of benzene rings is 4. The molecule has 2 atom stereocenters. The number of nitrogens with zero attached hydrogens (tertiary/aromatic N) is 1. The van der Waals surface area contributed by atoms with Gasteiger partial charge in [0.05, 0.1) is 26.9 Å². The second-order valence-corrected chi connectivity index (χ2v) is 15.2. The van der Waals surface area contributed by atoms with Gasteiger partial charge in [0.15, 0.2) is 11.5 Å². The first-order chi connectivity index (χ1) is 26.7. The molecule has 0 saturated heterocycles. The van der Waals surface area contributed by atoms with Crippen LogP contribution < -0.4 is 30.2 Å². The lowest BCUT2D eigenvalue weighted by Gasteiger charge is -2.18. The zero-order valence-corrected chi connectivity index (χ0v) is 32.4. The van der Waals surface area contributed by atoms with Crippen molar-refractivity contribution in [2.75, 3.05) is 32.0 Å². The van der Waals surface area contributed by atoms with Crippen molar-refractivity contribution in [3.8, 4) is 23.3 Å². The lowest BCUT2D eigenvalue weighted by molar-refractivity contribution is -0.116. The van der Waals surface area contributed by atoms with Crippen LogP contribution in [0.1, 0.15) is 56.1 Å². The number of fused-ring (bicyclic) bond motifs is 1. The number of nitriles is 1. The zero-order chi connectivity index (χ0) is 38.9. The molecule has 5 aromatic rings. The van der Waals surface area contributed by atoms with Crippen molar-refractivity contribution in [2.45, 2.75) is 36.3 Å². The molecule has 4 aromatic carbocycles. The fraction of sp³-hybridized carbons (Fsp3) is 0.209. The zero-order valence-electron chi connectivity index (χ0n) is 30.8. The van der Waals surface area contributed by atoms with Crippen LogP contribution in [0, 0.1) is 17.2 Å². The van der Waals surface area contributed by atoms with Gasteiger partial charge in [0.1, 0.15) is 22.0 Å². The molecule has 1 aliphatic carbocycles. The monoisotopic (exact) mass is 772 g/mol. The van der Waals surface area contributed by atoms with E-state index in [0.29, 0.717) is 55.4 Å². The molecule has 0 aliphatic heterocycles. The average molecular weight is 773 g/mol. The van der Waals surface area contributed by atoms with E-state index in [1.165, 1.54) is 50.5 Å². The van der Waals surface area contributed by atoms with Crippen LogP contribution in [0.4, 0.5) is 10.7 Å². The van der Waals surface area contributed by atoms with E-state index in [0.717, 1.165) is 35.3 Å². The molecule has 280 valence electrons. The van der Waals surface area contributed by atoms with E-state index < -0.39 is 17.1 Å². The highest BCUT2D eigenvalue weighted by molar-refractivity contribution is 8.00. The molecule has 3 amide bonds. The molecule has 1 aliphatic rings. The van der Waals surface area contributed by atoms with Gasteiger partial charge in [-0.3, -0.25) is 14.4 Å². The normalized spacial score (nSPS) is 14.1. The van der Waals surface area contributed by atoms with Crippen molar-refractivity contribution in [3.05, 3.63) is 135 Å². The number of methoxy groups -OCH3 is 3. The van der Waals surface area contributed by atoms with Gasteiger partial charge in [-0.25, -0.2) is 0 Å². The Bertz CT molecular complexity index is 2240. The van der Waals surface area contributed by atoms with Crippen LogP contribution in [0.5, 0.6) is 17.2 Å². The predicted octanol–water partition coefficient (Wildman–Crippen LogP) is 8.65. The molecule has 55 heavy (non-hydrogen) atoms. The number of nitrogens with one attached hydrogen (secondary N) is 3. The summed E-state index contributed by atoms with van der Waals surface area (Å²) in [6.07, 6.45) is 4.27. The van der Waals surface area contributed by atoms with Gasteiger partial charge in [-0.15, -0.1) is 23.1 Å². The molecule has 6 rings (SSSR count). The highest BCUT2D eigenvalue weighted by Gasteiger charge is 2.28. The number of carbonyl (C=O) groups is 3. The average Bonchev–Trinajstić information content (AvgIpc) is 3.55. The van der Waals surface area contributed by atoms with E-state index in [4.69, 9.17) is 14.2 Å². The van der Waals surface area contributed by atoms with Gasteiger partial charge in [0.25, 0.3) is 11.8 Å². The Morgan fingerprint density at radius 2 is 1.58 bits per heavy atom. The second-order valence-electron chi connectivity index (χ2n) is 12.9. The maximum Gasteiger partial charge on any atom is 0.272 e. The first kappa shape index (κ1) is 38.7. The standard InChI is InChI=1S/C43H40N4O6S2/c1-26-18-19-32-33(25-44)43(55-37(32)20-26)47-42(50)39(28-12-7-5-8-13-28)54-31-17-11-16-30(24-31)45-41(49)34(46-40(48)29-14-9-6-10-15-29)21-27-22-35(51-2)38(53-4)36(23-27)52-3/h5-17,21-24,26,39H,18-20H2,1-4H3,(H,45,49)(H,46,48)(H,47,50)/b34-21+. The fourth-order valence-corrected chi connectivity index (χ4v) is 8.76. The van der Waals surface area contributed by atoms with Crippen molar-refractivity contribution in [2.24, 2.45) is 5.92 Å². The second kappa shape index (κ2) is 17.9. The summed E-state index contributed by atoms with van der Waals surface area (Å²) in [6.45, 7) is 2.21. The molecule has 1 heterocycles. The number of thiophene rings is 1. The molecule has 0 spiro atoms. The smallest absolute Gasteiger partial charge is 0.272 e. The Morgan fingerprint density at radius 1 is 0.891 bits per heavy atom. The molecule has 0 radical (unpaired) electrons. The number of ether oxygens (including phenoxy) is 3. The van der Waals surface area contributed by atoms with Crippen LogP contribution in [-0.4, -0.2) is 39.1 Å². The molecule has 12 heteroatoms. The van der Waals surface area contributed by atoms with E-state index in [9.17, 15) is 19.6 Å². The van der Waals surface area contributed by atoms with Crippen molar-refractivity contribution in [3.63, 3.8) is 0 Å². The van der Waals surface area contributed by atoms with Crippen molar-refractivity contribution >= 4 is 57.6 Å². The van der Waals surface area contributed by atoms with Crippen LogP contribution in [0.25, 0.3) is 6.08 Å². The van der Waals surface area contributed by atoms with Gasteiger partial charge < -0.3 is 30.2 Å². The molecule has 10 nitrogen and oxygen atoms in total. The summed E-state index contributed by atoms with van der Waals surface area (Å²) in [5.41, 5.74) is 3.67. The SMILES string of the molecule is COc1cc(/C=C(/NC(=O)c2ccccc2)C(=O)Nc2cccc(SC(C(=O)Nc3sc4c(c3C#N)CCC(C)C4)c3ccccc3)c2)cc(OC)c1OC. The van der Waals surface area contributed by atoms with Gasteiger partial charge in [0.2, 0.25) is 11.7 Å².